The Labute approximate surface area is 116 Å². The quantitative estimate of drug-likeness (QED) is 0.782. The SMILES string of the molecule is COCCN(CCC(O)c1ccc(C)cc1)C1CC1. The van der Waals surface area contributed by atoms with Crippen molar-refractivity contribution in [1.29, 1.82) is 0 Å². The van der Waals surface area contributed by atoms with Gasteiger partial charge in [-0.15, -0.1) is 0 Å². The molecule has 0 aromatic heterocycles. The van der Waals surface area contributed by atoms with Gasteiger partial charge in [0.05, 0.1) is 12.7 Å². The molecule has 106 valence electrons. The second kappa shape index (κ2) is 7.04. The number of aryl methyl sites for hydroxylation is 1. The van der Waals surface area contributed by atoms with Crippen molar-refractivity contribution in [3.63, 3.8) is 0 Å². The minimum absolute atomic E-state index is 0.357. The topological polar surface area (TPSA) is 32.7 Å². The Kier molecular flexibility index (Phi) is 5.37. The van der Waals surface area contributed by atoms with Crippen LogP contribution in [0.1, 0.15) is 36.5 Å². The third-order valence-corrected chi connectivity index (χ3v) is 3.80. The van der Waals surface area contributed by atoms with Crippen molar-refractivity contribution >= 4 is 0 Å². The number of rotatable bonds is 8. The highest BCUT2D eigenvalue weighted by Crippen LogP contribution is 2.28. The number of nitrogens with zero attached hydrogens (tertiary/aromatic N) is 1. The third-order valence-electron chi connectivity index (χ3n) is 3.80. The lowest BCUT2D eigenvalue weighted by atomic mass is 10.0. The van der Waals surface area contributed by atoms with E-state index < -0.39 is 0 Å². The molecule has 0 saturated heterocycles. The normalized spacial score (nSPS) is 16.8. The molecular weight excluding hydrogens is 238 g/mol. The highest BCUT2D eigenvalue weighted by Gasteiger charge is 2.28. The first-order valence-corrected chi connectivity index (χ1v) is 7.18. The van der Waals surface area contributed by atoms with E-state index in [2.05, 4.69) is 24.0 Å². The van der Waals surface area contributed by atoms with E-state index >= 15 is 0 Å². The van der Waals surface area contributed by atoms with Crippen LogP contribution in [0.2, 0.25) is 0 Å². The molecule has 1 unspecified atom stereocenters. The Hall–Kier alpha value is -0.900. The molecule has 1 aromatic rings. The minimum Gasteiger partial charge on any atom is -0.388 e. The number of benzene rings is 1. The summed E-state index contributed by atoms with van der Waals surface area (Å²) in [6.45, 7) is 4.76. The van der Waals surface area contributed by atoms with Gasteiger partial charge >= 0.3 is 0 Å². The highest BCUT2D eigenvalue weighted by molar-refractivity contribution is 5.23. The average Bonchev–Trinajstić information content (AvgIpc) is 3.24. The van der Waals surface area contributed by atoms with Gasteiger partial charge in [-0.05, 0) is 31.7 Å². The van der Waals surface area contributed by atoms with E-state index in [9.17, 15) is 5.11 Å². The van der Waals surface area contributed by atoms with E-state index in [1.807, 2.05) is 12.1 Å². The molecule has 0 bridgehead atoms. The predicted molar refractivity (Wildman–Crippen MR) is 77.2 cm³/mol. The van der Waals surface area contributed by atoms with Crippen molar-refractivity contribution in [1.82, 2.24) is 4.90 Å². The Morgan fingerprint density at radius 1 is 1.26 bits per heavy atom. The predicted octanol–water partition coefficient (Wildman–Crippen LogP) is 2.53. The second-order valence-electron chi connectivity index (χ2n) is 5.48. The molecule has 1 aliphatic rings. The second-order valence-corrected chi connectivity index (χ2v) is 5.48. The molecule has 3 nitrogen and oxygen atoms in total. The summed E-state index contributed by atoms with van der Waals surface area (Å²) in [5.74, 6) is 0. The molecule has 1 saturated carbocycles. The molecular formula is C16H25NO2. The molecule has 0 amide bonds. The molecule has 0 heterocycles. The van der Waals surface area contributed by atoms with Crippen LogP contribution in [-0.4, -0.2) is 42.9 Å². The van der Waals surface area contributed by atoms with Gasteiger partial charge in [0.25, 0.3) is 0 Å². The number of aliphatic hydroxyl groups excluding tert-OH is 1. The summed E-state index contributed by atoms with van der Waals surface area (Å²) in [7, 11) is 1.74. The molecule has 2 rings (SSSR count). The zero-order valence-electron chi connectivity index (χ0n) is 12.0. The first kappa shape index (κ1) is 14.5. The summed E-state index contributed by atoms with van der Waals surface area (Å²) in [5, 5.41) is 10.2. The molecule has 1 atom stereocenters. The number of aliphatic hydroxyl groups is 1. The number of hydrogen-bond acceptors (Lipinski definition) is 3. The van der Waals surface area contributed by atoms with Crippen LogP contribution < -0.4 is 0 Å². The summed E-state index contributed by atoms with van der Waals surface area (Å²) in [4.78, 5) is 2.45. The number of methoxy groups -OCH3 is 1. The maximum atomic E-state index is 10.2. The van der Waals surface area contributed by atoms with Gasteiger partial charge in [0, 0.05) is 26.2 Å². The van der Waals surface area contributed by atoms with Gasteiger partial charge in [-0.25, -0.2) is 0 Å². The minimum atomic E-state index is -0.357. The first-order chi connectivity index (χ1) is 9.20. The zero-order chi connectivity index (χ0) is 13.7. The molecule has 1 N–H and O–H groups in total. The van der Waals surface area contributed by atoms with E-state index in [-0.39, 0.29) is 6.10 Å². The molecule has 1 aliphatic carbocycles. The Morgan fingerprint density at radius 3 is 2.53 bits per heavy atom. The van der Waals surface area contributed by atoms with Crippen molar-refractivity contribution in [2.24, 2.45) is 0 Å². The summed E-state index contributed by atoms with van der Waals surface area (Å²) in [5.41, 5.74) is 2.25. The molecule has 0 aliphatic heterocycles. The highest BCUT2D eigenvalue weighted by atomic mass is 16.5. The van der Waals surface area contributed by atoms with Crippen molar-refractivity contribution < 1.29 is 9.84 Å². The summed E-state index contributed by atoms with van der Waals surface area (Å²) in [6.07, 6.45) is 3.03. The number of hydrogen-bond donors (Lipinski definition) is 1. The van der Waals surface area contributed by atoms with Crippen LogP contribution in [-0.2, 0) is 4.74 Å². The van der Waals surface area contributed by atoms with Gasteiger partial charge in [-0.1, -0.05) is 29.8 Å². The van der Waals surface area contributed by atoms with Gasteiger partial charge in [0.1, 0.15) is 0 Å². The van der Waals surface area contributed by atoms with E-state index in [0.29, 0.717) is 0 Å². The van der Waals surface area contributed by atoms with Gasteiger partial charge in [0.15, 0.2) is 0 Å². The average molecular weight is 263 g/mol. The largest absolute Gasteiger partial charge is 0.388 e. The fraction of sp³-hybridized carbons (Fsp3) is 0.625. The summed E-state index contributed by atoms with van der Waals surface area (Å²) in [6, 6.07) is 8.89. The van der Waals surface area contributed by atoms with Crippen molar-refractivity contribution in [3.05, 3.63) is 35.4 Å². The molecule has 19 heavy (non-hydrogen) atoms. The molecule has 0 spiro atoms. The molecule has 1 aromatic carbocycles. The van der Waals surface area contributed by atoms with Crippen LogP contribution in [0.15, 0.2) is 24.3 Å². The van der Waals surface area contributed by atoms with Gasteiger partial charge in [-0.3, -0.25) is 4.90 Å². The Bertz CT molecular complexity index is 373. The summed E-state index contributed by atoms with van der Waals surface area (Å²) < 4.78 is 5.15. The molecule has 1 fully saturated rings. The van der Waals surface area contributed by atoms with Gasteiger partial charge in [-0.2, -0.15) is 0 Å². The fourth-order valence-electron chi connectivity index (χ4n) is 2.37. The first-order valence-electron chi connectivity index (χ1n) is 7.18. The van der Waals surface area contributed by atoms with Crippen LogP contribution >= 0.6 is 0 Å². The fourth-order valence-corrected chi connectivity index (χ4v) is 2.37. The van der Waals surface area contributed by atoms with Crippen LogP contribution in [0, 0.1) is 6.92 Å². The van der Waals surface area contributed by atoms with Gasteiger partial charge in [0.2, 0.25) is 0 Å². The Morgan fingerprint density at radius 2 is 1.95 bits per heavy atom. The van der Waals surface area contributed by atoms with Crippen LogP contribution in [0.5, 0.6) is 0 Å². The maximum absolute atomic E-state index is 10.2. The van der Waals surface area contributed by atoms with Crippen molar-refractivity contribution in [3.8, 4) is 0 Å². The lowest BCUT2D eigenvalue weighted by Gasteiger charge is -2.23. The molecule has 3 heteroatoms. The van der Waals surface area contributed by atoms with Crippen molar-refractivity contribution in [2.45, 2.75) is 38.3 Å². The zero-order valence-corrected chi connectivity index (χ0v) is 12.0. The summed E-state index contributed by atoms with van der Waals surface area (Å²) >= 11 is 0. The van der Waals surface area contributed by atoms with E-state index in [4.69, 9.17) is 4.74 Å². The smallest absolute Gasteiger partial charge is 0.0802 e. The van der Waals surface area contributed by atoms with E-state index in [1.54, 1.807) is 7.11 Å². The molecule has 0 radical (unpaired) electrons. The lowest BCUT2D eigenvalue weighted by Crippen LogP contribution is -2.31. The van der Waals surface area contributed by atoms with Gasteiger partial charge < -0.3 is 9.84 Å². The van der Waals surface area contributed by atoms with Crippen LogP contribution in [0.4, 0.5) is 0 Å². The van der Waals surface area contributed by atoms with Crippen LogP contribution in [0.3, 0.4) is 0 Å². The standard InChI is InChI=1S/C16H25NO2/c1-13-3-5-14(6-4-13)16(18)9-10-17(11-12-19-2)15-7-8-15/h3-6,15-16,18H,7-12H2,1-2H3. The van der Waals surface area contributed by atoms with Crippen molar-refractivity contribution in [2.75, 3.05) is 26.8 Å². The lowest BCUT2D eigenvalue weighted by molar-refractivity contribution is 0.113. The van der Waals surface area contributed by atoms with Crippen LogP contribution in [0.25, 0.3) is 0 Å². The van der Waals surface area contributed by atoms with E-state index in [0.717, 1.165) is 37.7 Å². The van der Waals surface area contributed by atoms with E-state index in [1.165, 1.54) is 18.4 Å². The monoisotopic (exact) mass is 263 g/mol. The Balaban J connectivity index is 1.80. The number of ether oxygens (including phenoxy) is 1. The maximum Gasteiger partial charge on any atom is 0.0802 e. The third kappa shape index (κ3) is 4.60.